The predicted octanol–water partition coefficient (Wildman–Crippen LogP) is 1.76. The van der Waals surface area contributed by atoms with Crippen LogP contribution in [0.4, 0.5) is 0 Å². The van der Waals surface area contributed by atoms with Crippen molar-refractivity contribution in [1.82, 2.24) is 25.9 Å². The molecule has 8 nitrogen and oxygen atoms in total. The Morgan fingerprint density at radius 2 is 1.62 bits per heavy atom. The quantitative estimate of drug-likeness (QED) is 0.644. The van der Waals surface area contributed by atoms with Gasteiger partial charge in [-0.15, -0.1) is 0 Å². The van der Waals surface area contributed by atoms with Crippen LogP contribution in [-0.4, -0.2) is 34.0 Å². The minimum Gasteiger partial charge on any atom is -0.352 e. The maximum absolute atomic E-state index is 12.2. The molecule has 3 amide bonds. The zero-order valence-electron chi connectivity index (χ0n) is 17.6. The standard InChI is InChI=1S/C21H29N5O3/c1-14-12-15(2)26(25-14)13-19(28)24-23-18(27)10-11-22-20(29)16-6-8-17(9-7-16)21(3,4)5/h6-9,12H,10-11,13H2,1-5H3,(H,22,29)(H,23,27)(H,24,28). The van der Waals surface area contributed by atoms with Crippen LogP contribution in [0.2, 0.25) is 0 Å². The zero-order chi connectivity index (χ0) is 21.6. The van der Waals surface area contributed by atoms with Gasteiger partial charge in [0.05, 0.1) is 5.69 Å². The molecule has 0 saturated carbocycles. The van der Waals surface area contributed by atoms with Gasteiger partial charge in [0, 0.05) is 24.2 Å². The highest BCUT2D eigenvalue weighted by Crippen LogP contribution is 2.22. The molecule has 0 spiro atoms. The summed E-state index contributed by atoms with van der Waals surface area (Å²) in [6.07, 6.45) is 0.0476. The van der Waals surface area contributed by atoms with Crippen molar-refractivity contribution in [2.75, 3.05) is 6.54 Å². The first-order valence-corrected chi connectivity index (χ1v) is 9.54. The molecule has 156 valence electrons. The maximum Gasteiger partial charge on any atom is 0.260 e. The molecule has 0 saturated heterocycles. The van der Waals surface area contributed by atoms with Crippen LogP contribution in [0.1, 0.15) is 54.5 Å². The summed E-state index contributed by atoms with van der Waals surface area (Å²) < 4.78 is 1.56. The van der Waals surface area contributed by atoms with Gasteiger partial charge in [-0.25, -0.2) is 0 Å². The lowest BCUT2D eigenvalue weighted by molar-refractivity contribution is -0.129. The van der Waals surface area contributed by atoms with E-state index in [1.54, 1.807) is 16.8 Å². The van der Waals surface area contributed by atoms with Gasteiger partial charge in [-0.3, -0.25) is 29.9 Å². The Morgan fingerprint density at radius 1 is 1.00 bits per heavy atom. The minimum absolute atomic E-state index is 0.0151. The Hall–Kier alpha value is -3.16. The number of nitrogens with zero attached hydrogens (tertiary/aromatic N) is 2. The molecule has 1 aromatic carbocycles. The topological polar surface area (TPSA) is 105 Å². The second kappa shape index (κ2) is 9.36. The van der Waals surface area contributed by atoms with Crippen LogP contribution in [-0.2, 0) is 21.5 Å². The summed E-state index contributed by atoms with van der Waals surface area (Å²) in [5, 5.41) is 6.89. The van der Waals surface area contributed by atoms with E-state index in [0.717, 1.165) is 17.0 Å². The normalized spacial score (nSPS) is 11.1. The molecule has 0 aliphatic rings. The Morgan fingerprint density at radius 3 is 2.17 bits per heavy atom. The van der Waals surface area contributed by atoms with Gasteiger partial charge < -0.3 is 5.32 Å². The highest BCUT2D eigenvalue weighted by molar-refractivity contribution is 5.94. The summed E-state index contributed by atoms with van der Waals surface area (Å²) in [7, 11) is 0. The number of amides is 3. The molecule has 0 fully saturated rings. The Labute approximate surface area is 171 Å². The Kier molecular flexibility index (Phi) is 7.14. The second-order valence-corrected chi connectivity index (χ2v) is 8.01. The van der Waals surface area contributed by atoms with E-state index >= 15 is 0 Å². The van der Waals surface area contributed by atoms with Gasteiger partial charge >= 0.3 is 0 Å². The van der Waals surface area contributed by atoms with Crippen LogP contribution in [0.25, 0.3) is 0 Å². The van der Waals surface area contributed by atoms with Gasteiger partial charge in [0.2, 0.25) is 5.91 Å². The molecular formula is C21H29N5O3. The third-order valence-electron chi connectivity index (χ3n) is 4.39. The predicted molar refractivity (Wildman–Crippen MR) is 110 cm³/mol. The average Bonchev–Trinajstić information content (AvgIpc) is 2.96. The number of carbonyl (C=O) groups is 3. The van der Waals surface area contributed by atoms with Gasteiger partial charge in [-0.05, 0) is 43.0 Å². The van der Waals surface area contributed by atoms with E-state index in [1.807, 2.05) is 32.0 Å². The molecule has 1 aromatic heterocycles. The summed E-state index contributed by atoms with van der Waals surface area (Å²) in [6.45, 7) is 10.2. The fraction of sp³-hybridized carbons (Fsp3) is 0.429. The molecular weight excluding hydrogens is 370 g/mol. The summed E-state index contributed by atoms with van der Waals surface area (Å²) in [5.41, 5.74) is 8.07. The first-order chi connectivity index (χ1) is 13.6. The van der Waals surface area contributed by atoms with Crippen molar-refractivity contribution in [2.24, 2.45) is 0 Å². The monoisotopic (exact) mass is 399 g/mol. The van der Waals surface area contributed by atoms with E-state index < -0.39 is 5.91 Å². The van der Waals surface area contributed by atoms with Gasteiger partial charge in [0.1, 0.15) is 6.54 Å². The van der Waals surface area contributed by atoms with Crippen LogP contribution in [0.3, 0.4) is 0 Å². The summed E-state index contributed by atoms with van der Waals surface area (Å²) in [5.74, 6) is -1.02. The number of carbonyl (C=O) groups excluding carboxylic acids is 3. The number of nitrogens with one attached hydrogen (secondary N) is 3. The lowest BCUT2D eigenvalue weighted by Crippen LogP contribution is -2.44. The second-order valence-electron chi connectivity index (χ2n) is 8.01. The molecule has 2 aromatic rings. The van der Waals surface area contributed by atoms with Gasteiger partial charge in [0.15, 0.2) is 0 Å². The smallest absolute Gasteiger partial charge is 0.260 e. The first kappa shape index (κ1) is 22.1. The van der Waals surface area contributed by atoms with Crippen LogP contribution in [0.15, 0.2) is 30.3 Å². The summed E-state index contributed by atoms with van der Waals surface area (Å²) in [6, 6.07) is 9.27. The van der Waals surface area contributed by atoms with Crippen LogP contribution in [0.5, 0.6) is 0 Å². The lowest BCUT2D eigenvalue weighted by atomic mass is 9.87. The third kappa shape index (κ3) is 6.74. The van der Waals surface area contributed by atoms with Crippen molar-refractivity contribution in [1.29, 1.82) is 0 Å². The lowest BCUT2D eigenvalue weighted by Gasteiger charge is -2.19. The van der Waals surface area contributed by atoms with Crippen LogP contribution >= 0.6 is 0 Å². The van der Waals surface area contributed by atoms with E-state index in [4.69, 9.17) is 0 Å². The molecule has 0 unspecified atom stereocenters. The zero-order valence-corrected chi connectivity index (χ0v) is 17.6. The van der Waals surface area contributed by atoms with E-state index in [-0.39, 0.29) is 36.7 Å². The number of aryl methyl sites for hydroxylation is 2. The third-order valence-corrected chi connectivity index (χ3v) is 4.39. The fourth-order valence-electron chi connectivity index (χ4n) is 2.73. The van der Waals surface area contributed by atoms with Crippen LogP contribution in [0, 0.1) is 13.8 Å². The summed E-state index contributed by atoms with van der Waals surface area (Å²) >= 11 is 0. The first-order valence-electron chi connectivity index (χ1n) is 9.54. The SMILES string of the molecule is Cc1cc(C)n(CC(=O)NNC(=O)CCNC(=O)c2ccc(C(C)(C)C)cc2)n1. The average molecular weight is 399 g/mol. The number of hydrogen-bond donors (Lipinski definition) is 3. The highest BCUT2D eigenvalue weighted by Gasteiger charge is 2.14. The fourth-order valence-corrected chi connectivity index (χ4v) is 2.73. The number of rotatable bonds is 6. The molecule has 0 atom stereocenters. The number of hydrazine groups is 1. The highest BCUT2D eigenvalue weighted by atomic mass is 16.2. The molecule has 8 heteroatoms. The van der Waals surface area contributed by atoms with Crippen molar-refractivity contribution < 1.29 is 14.4 Å². The molecule has 3 N–H and O–H groups in total. The van der Waals surface area contributed by atoms with Gasteiger partial charge in [-0.1, -0.05) is 32.9 Å². The van der Waals surface area contributed by atoms with Crippen molar-refractivity contribution in [3.05, 3.63) is 52.8 Å². The number of aromatic nitrogens is 2. The van der Waals surface area contributed by atoms with Crippen molar-refractivity contribution in [3.63, 3.8) is 0 Å². The van der Waals surface area contributed by atoms with E-state index in [0.29, 0.717) is 5.56 Å². The molecule has 0 aliphatic heterocycles. The minimum atomic E-state index is -0.393. The van der Waals surface area contributed by atoms with Crippen molar-refractivity contribution in [2.45, 2.75) is 53.0 Å². The van der Waals surface area contributed by atoms with Gasteiger partial charge in [0.25, 0.3) is 11.8 Å². The van der Waals surface area contributed by atoms with E-state index in [9.17, 15) is 14.4 Å². The van der Waals surface area contributed by atoms with Crippen molar-refractivity contribution in [3.8, 4) is 0 Å². The number of benzene rings is 1. The molecule has 29 heavy (non-hydrogen) atoms. The van der Waals surface area contributed by atoms with Gasteiger partial charge in [-0.2, -0.15) is 5.10 Å². The molecule has 0 radical (unpaired) electrons. The number of hydrogen-bond acceptors (Lipinski definition) is 4. The molecule has 1 heterocycles. The molecule has 0 bridgehead atoms. The van der Waals surface area contributed by atoms with Crippen molar-refractivity contribution >= 4 is 17.7 Å². The Balaban J connectivity index is 1.70. The summed E-state index contributed by atoms with van der Waals surface area (Å²) in [4.78, 5) is 35.9. The Bertz CT molecular complexity index is 879. The molecule has 2 rings (SSSR count). The van der Waals surface area contributed by atoms with E-state index in [1.165, 1.54) is 0 Å². The largest absolute Gasteiger partial charge is 0.352 e. The van der Waals surface area contributed by atoms with E-state index in [2.05, 4.69) is 42.0 Å². The van der Waals surface area contributed by atoms with Crippen LogP contribution < -0.4 is 16.2 Å². The maximum atomic E-state index is 12.2. The molecule has 0 aliphatic carbocycles.